The maximum absolute atomic E-state index is 12.7. The number of hydrogen-bond donors (Lipinski definition) is 2. The van der Waals surface area contributed by atoms with Crippen molar-refractivity contribution in [2.45, 2.75) is 19.4 Å². The summed E-state index contributed by atoms with van der Waals surface area (Å²) in [5.41, 5.74) is 4.47. The molecule has 1 unspecified atom stereocenters. The number of methoxy groups -OCH3 is 1. The molecule has 0 aliphatic carbocycles. The van der Waals surface area contributed by atoms with Crippen LogP contribution >= 0.6 is 0 Å². The van der Waals surface area contributed by atoms with E-state index in [2.05, 4.69) is 15.2 Å². The van der Waals surface area contributed by atoms with Gasteiger partial charge in [0.25, 0.3) is 0 Å². The Hall–Kier alpha value is -4.13. The van der Waals surface area contributed by atoms with Crippen LogP contribution in [-0.2, 0) is 16.6 Å². The molecule has 33 heavy (non-hydrogen) atoms. The van der Waals surface area contributed by atoms with Crippen LogP contribution < -0.4 is 15.4 Å². The maximum atomic E-state index is 12.7. The van der Waals surface area contributed by atoms with E-state index in [-0.39, 0.29) is 18.2 Å². The second-order valence-corrected chi connectivity index (χ2v) is 7.84. The third-order valence-corrected chi connectivity index (χ3v) is 5.50. The summed E-state index contributed by atoms with van der Waals surface area (Å²) in [5, 5.41) is 5.76. The molecule has 0 spiro atoms. The summed E-state index contributed by atoms with van der Waals surface area (Å²) >= 11 is 0. The monoisotopic (exact) mass is 442 g/mol. The Morgan fingerprint density at radius 1 is 1.00 bits per heavy atom. The molecule has 1 atom stereocenters. The quantitative estimate of drug-likeness (QED) is 0.443. The molecule has 0 aliphatic heterocycles. The zero-order chi connectivity index (χ0) is 23.4. The fourth-order valence-electron chi connectivity index (χ4n) is 3.84. The first kappa shape index (κ1) is 22.1. The molecule has 0 aliphatic rings. The SMILES string of the molecule is COc1ccc(C(CC(=O)Nc2ccc(-c3nc4ccccc4n3C)cc2)NC(C)=O)cc1. The van der Waals surface area contributed by atoms with E-state index in [1.165, 1.54) is 6.92 Å². The number of hydrogen-bond acceptors (Lipinski definition) is 4. The number of anilines is 1. The summed E-state index contributed by atoms with van der Waals surface area (Å²) in [5.74, 6) is 1.18. The van der Waals surface area contributed by atoms with Crippen LogP contribution in [0.4, 0.5) is 5.69 Å². The van der Waals surface area contributed by atoms with Gasteiger partial charge in [0.1, 0.15) is 11.6 Å². The Balaban J connectivity index is 1.46. The molecule has 0 saturated heterocycles. The fraction of sp³-hybridized carbons (Fsp3) is 0.192. The molecule has 0 fully saturated rings. The van der Waals surface area contributed by atoms with E-state index in [4.69, 9.17) is 9.72 Å². The van der Waals surface area contributed by atoms with Crippen molar-refractivity contribution >= 4 is 28.5 Å². The molecule has 0 radical (unpaired) electrons. The molecule has 3 aromatic carbocycles. The number of rotatable bonds is 7. The summed E-state index contributed by atoms with van der Waals surface area (Å²) < 4.78 is 7.23. The highest BCUT2D eigenvalue weighted by atomic mass is 16.5. The van der Waals surface area contributed by atoms with Gasteiger partial charge in [-0.05, 0) is 54.1 Å². The number of ether oxygens (including phenoxy) is 1. The number of para-hydroxylation sites is 2. The molecule has 168 valence electrons. The Morgan fingerprint density at radius 3 is 2.33 bits per heavy atom. The molecule has 2 amide bonds. The first-order chi connectivity index (χ1) is 15.9. The zero-order valence-electron chi connectivity index (χ0n) is 18.8. The van der Waals surface area contributed by atoms with Gasteiger partial charge in [0.05, 0.1) is 30.6 Å². The second-order valence-electron chi connectivity index (χ2n) is 7.84. The molecular formula is C26H26N4O3. The molecule has 0 bridgehead atoms. The van der Waals surface area contributed by atoms with E-state index in [0.29, 0.717) is 11.4 Å². The minimum absolute atomic E-state index is 0.110. The predicted molar refractivity (Wildman–Crippen MR) is 129 cm³/mol. The smallest absolute Gasteiger partial charge is 0.226 e. The Bertz CT molecular complexity index is 1280. The van der Waals surface area contributed by atoms with Gasteiger partial charge in [-0.3, -0.25) is 9.59 Å². The lowest BCUT2D eigenvalue weighted by Crippen LogP contribution is -2.29. The van der Waals surface area contributed by atoms with Gasteiger partial charge in [0, 0.05) is 25.2 Å². The number of aryl methyl sites for hydroxylation is 1. The number of amides is 2. The van der Waals surface area contributed by atoms with Gasteiger partial charge in [-0.25, -0.2) is 4.98 Å². The average molecular weight is 443 g/mol. The third-order valence-electron chi connectivity index (χ3n) is 5.50. The first-order valence-electron chi connectivity index (χ1n) is 10.7. The number of nitrogens with one attached hydrogen (secondary N) is 2. The molecular weight excluding hydrogens is 416 g/mol. The molecule has 1 heterocycles. The van der Waals surface area contributed by atoms with Gasteiger partial charge < -0.3 is 19.9 Å². The number of nitrogens with zero attached hydrogens (tertiary/aromatic N) is 2. The number of aromatic nitrogens is 2. The molecule has 4 aromatic rings. The van der Waals surface area contributed by atoms with Gasteiger partial charge in [-0.2, -0.15) is 0 Å². The van der Waals surface area contributed by atoms with Crippen molar-refractivity contribution in [1.82, 2.24) is 14.9 Å². The lowest BCUT2D eigenvalue weighted by atomic mass is 10.0. The molecule has 7 heteroatoms. The van der Waals surface area contributed by atoms with E-state index in [1.54, 1.807) is 7.11 Å². The summed E-state index contributed by atoms with van der Waals surface area (Å²) in [6.45, 7) is 1.44. The largest absolute Gasteiger partial charge is 0.497 e. The highest BCUT2D eigenvalue weighted by Crippen LogP contribution is 2.25. The lowest BCUT2D eigenvalue weighted by Gasteiger charge is -2.18. The Labute approximate surface area is 192 Å². The second kappa shape index (κ2) is 9.56. The van der Waals surface area contributed by atoms with Gasteiger partial charge >= 0.3 is 0 Å². The van der Waals surface area contributed by atoms with Crippen molar-refractivity contribution in [2.75, 3.05) is 12.4 Å². The molecule has 4 rings (SSSR count). The van der Waals surface area contributed by atoms with Crippen LogP contribution in [0.1, 0.15) is 24.9 Å². The van der Waals surface area contributed by atoms with Crippen LogP contribution in [-0.4, -0.2) is 28.5 Å². The van der Waals surface area contributed by atoms with Crippen molar-refractivity contribution in [3.05, 3.63) is 78.4 Å². The normalized spacial score (nSPS) is 11.7. The highest BCUT2D eigenvalue weighted by Gasteiger charge is 2.18. The summed E-state index contributed by atoms with van der Waals surface area (Å²) in [6.07, 6.45) is 0.110. The van der Waals surface area contributed by atoms with Crippen LogP contribution in [0.15, 0.2) is 72.8 Å². The van der Waals surface area contributed by atoms with Crippen molar-refractivity contribution in [3.8, 4) is 17.1 Å². The molecule has 0 saturated carbocycles. The van der Waals surface area contributed by atoms with Crippen LogP contribution in [0.2, 0.25) is 0 Å². The fourth-order valence-corrected chi connectivity index (χ4v) is 3.84. The van der Waals surface area contributed by atoms with Gasteiger partial charge in [0.2, 0.25) is 11.8 Å². The number of benzene rings is 3. The zero-order valence-corrected chi connectivity index (χ0v) is 18.8. The summed E-state index contributed by atoms with van der Waals surface area (Å²) in [4.78, 5) is 29.1. The van der Waals surface area contributed by atoms with Crippen LogP contribution in [0.5, 0.6) is 5.75 Å². The number of fused-ring (bicyclic) bond motifs is 1. The van der Waals surface area contributed by atoms with E-state index in [9.17, 15) is 9.59 Å². The minimum atomic E-state index is -0.437. The minimum Gasteiger partial charge on any atom is -0.497 e. The topological polar surface area (TPSA) is 85.2 Å². The maximum Gasteiger partial charge on any atom is 0.226 e. The van der Waals surface area contributed by atoms with Crippen molar-refractivity contribution < 1.29 is 14.3 Å². The first-order valence-corrected chi connectivity index (χ1v) is 10.7. The van der Waals surface area contributed by atoms with Crippen molar-refractivity contribution in [3.63, 3.8) is 0 Å². The van der Waals surface area contributed by atoms with E-state index >= 15 is 0 Å². The lowest BCUT2D eigenvalue weighted by molar-refractivity contribution is -0.120. The van der Waals surface area contributed by atoms with Crippen LogP contribution in [0.3, 0.4) is 0 Å². The number of carbonyl (C=O) groups excluding carboxylic acids is 2. The summed E-state index contributed by atoms with van der Waals surface area (Å²) in [6, 6.07) is 22.4. The number of imidazole rings is 1. The Kier molecular flexibility index (Phi) is 6.40. The summed E-state index contributed by atoms with van der Waals surface area (Å²) in [7, 11) is 3.58. The van der Waals surface area contributed by atoms with Crippen LogP contribution in [0, 0.1) is 0 Å². The molecule has 7 nitrogen and oxygen atoms in total. The van der Waals surface area contributed by atoms with E-state index in [1.807, 2.05) is 79.8 Å². The van der Waals surface area contributed by atoms with Crippen molar-refractivity contribution in [2.24, 2.45) is 7.05 Å². The Morgan fingerprint density at radius 2 is 1.70 bits per heavy atom. The van der Waals surface area contributed by atoms with Crippen molar-refractivity contribution in [1.29, 1.82) is 0 Å². The van der Waals surface area contributed by atoms with Crippen LogP contribution in [0.25, 0.3) is 22.4 Å². The standard InChI is InChI=1S/C26H26N4O3/c1-17(31)27-23(18-10-14-21(33-3)15-11-18)16-25(32)28-20-12-8-19(9-13-20)26-29-22-6-4-5-7-24(22)30(26)2/h4-15,23H,16H2,1-3H3,(H,27,31)(H,28,32). The average Bonchev–Trinajstić information content (AvgIpc) is 3.15. The van der Waals surface area contributed by atoms with Gasteiger partial charge in [-0.1, -0.05) is 24.3 Å². The van der Waals surface area contributed by atoms with E-state index in [0.717, 1.165) is 28.0 Å². The number of carbonyl (C=O) groups is 2. The van der Waals surface area contributed by atoms with Gasteiger partial charge in [0.15, 0.2) is 0 Å². The molecule has 1 aromatic heterocycles. The predicted octanol–water partition coefficient (Wildman–Crippen LogP) is 4.45. The highest BCUT2D eigenvalue weighted by molar-refractivity contribution is 5.92. The van der Waals surface area contributed by atoms with E-state index < -0.39 is 6.04 Å². The molecule has 2 N–H and O–H groups in total. The third kappa shape index (κ3) is 5.03. The van der Waals surface area contributed by atoms with Gasteiger partial charge in [-0.15, -0.1) is 0 Å².